The second-order valence-electron chi connectivity index (χ2n) is 10.9. The number of ketones is 1. The van der Waals surface area contributed by atoms with E-state index >= 15 is 0 Å². The van der Waals surface area contributed by atoms with Crippen molar-refractivity contribution in [2.24, 2.45) is 7.05 Å². The van der Waals surface area contributed by atoms with Crippen LogP contribution in [0.2, 0.25) is 0 Å². The van der Waals surface area contributed by atoms with E-state index in [4.69, 9.17) is 9.47 Å². The van der Waals surface area contributed by atoms with Crippen molar-refractivity contribution in [2.75, 3.05) is 13.1 Å². The van der Waals surface area contributed by atoms with E-state index in [9.17, 15) is 9.59 Å². The average Bonchev–Trinajstić information content (AvgIpc) is 3.34. The van der Waals surface area contributed by atoms with Crippen LogP contribution >= 0.6 is 0 Å². The number of pyridine rings is 2. The molecule has 4 heterocycles. The minimum atomic E-state index is -0.521. The number of aryl methyl sites for hydroxylation is 1. The fraction of sp³-hybridized carbons (Fsp3) is 0.367. The first-order valence-corrected chi connectivity index (χ1v) is 13.1. The molecule has 0 saturated carbocycles. The van der Waals surface area contributed by atoms with E-state index in [1.54, 1.807) is 34.1 Å². The Hall–Kier alpha value is -4.27. The molecule has 5 rings (SSSR count). The zero-order valence-corrected chi connectivity index (χ0v) is 22.8. The number of fused-ring (bicyclic) bond motifs is 1. The summed E-state index contributed by atoms with van der Waals surface area (Å²) >= 11 is 0. The predicted molar refractivity (Wildman–Crippen MR) is 148 cm³/mol. The van der Waals surface area contributed by atoms with Crippen LogP contribution in [-0.4, -0.2) is 61.3 Å². The summed E-state index contributed by atoms with van der Waals surface area (Å²) in [5.74, 6) is 0.349. The minimum Gasteiger partial charge on any atom is -0.474 e. The number of rotatable bonds is 6. The summed E-state index contributed by atoms with van der Waals surface area (Å²) in [6, 6.07) is 11.5. The number of likely N-dealkylation sites (tertiary alicyclic amines) is 1. The molecular weight excluding hydrogens is 494 g/mol. The van der Waals surface area contributed by atoms with Crippen molar-refractivity contribution in [1.29, 1.82) is 0 Å². The fourth-order valence-electron chi connectivity index (χ4n) is 4.60. The van der Waals surface area contributed by atoms with E-state index in [-0.39, 0.29) is 24.4 Å². The molecule has 0 aliphatic carbocycles. The van der Waals surface area contributed by atoms with E-state index in [1.807, 2.05) is 58.4 Å². The summed E-state index contributed by atoms with van der Waals surface area (Å²) in [6.07, 6.45) is 8.32. The summed E-state index contributed by atoms with van der Waals surface area (Å²) in [7, 11) is 1.89. The number of ether oxygens (including phenoxy) is 2. The van der Waals surface area contributed by atoms with E-state index in [2.05, 4.69) is 21.1 Å². The van der Waals surface area contributed by atoms with E-state index in [0.717, 1.165) is 21.9 Å². The summed E-state index contributed by atoms with van der Waals surface area (Å²) in [4.78, 5) is 36.0. The largest absolute Gasteiger partial charge is 0.474 e. The van der Waals surface area contributed by atoms with Gasteiger partial charge in [-0.05, 0) is 49.9 Å². The van der Waals surface area contributed by atoms with Crippen molar-refractivity contribution in [3.63, 3.8) is 0 Å². The highest BCUT2D eigenvalue weighted by molar-refractivity contribution is 5.98. The third-order valence-corrected chi connectivity index (χ3v) is 6.60. The third-order valence-electron chi connectivity index (χ3n) is 6.60. The van der Waals surface area contributed by atoms with Crippen molar-refractivity contribution in [2.45, 2.75) is 51.7 Å². The maximum Gasteiger partial charge on any atom is 0.410 e. The van der Waals surface area contributed by atoms with Gasteiger partial charge in [0.05, 0.1) is 12.6 Å². The highest BCUT2D eigenvalue weighted by atomic mass is 16.6. The normalized spacial score (nSPS) is 14.4. The van der Waals surface area contributed by atoms with Crippen LogP contribution in [0, 0.1) is 0 Å². The molecule has 0 radical (unpaired) electrons. The monoisotopic (exact) mass is 527 g/mol. The number of carbonyl (C=O) groups is 2. The van der Waals surface area contributed by atoms with Crippen LogP contribution in [0.15, 0.2) is 61.2 Å². The molecule has 1 amide bonds. The molecule has 0 unspecified atom stereocenters. The highest BCUT2D eigenvalue weighted by Gasteiger charge is 2.28. The van der Waals surface area contributed by atoms with E-state index < -0.39 is 5.60 Å². The lowest BCUT2D eigenvalue weighted by molar-refractivity contribution is 0.0123. The van der Waals surface area contributed by atoms with Crippen molar-refractivity contribution in [3.05, 3.63) is 72.4 Å². The molecule has 0 atom stereocenters. The van der Waals surface area contributed by atoms with Gasteiger partial charge < -0.3 is 14.4 Å². The highest BCUT2D eigenvalue weighted by Crippen LogP contribution is 2.25. The molecule has 4 aromatic rings. The summed E-state index contributed by atoms with van der Waals surface area (Å²) in [5.41, 5.74) is 2.80. The first-order chi connectivity index (χ1) is 18.6. The fourth-order valence-corrected chi connectivity index (χ4v) is 4.60. The minimum absolute atomic E-state index is 0.0581. The number of aromatic nitrogens is 4. The molecule has 202 valence electrons. The Kier molecular flexibility index (Phi) is 7.32. The number of Topliss-reactive ketones (excluding diaryl/α,β-unsaturated/α-hetero) is 1. The Balaban J connectivity index is 1.21. The van der Waals surface area contributed by atoms with Gasteiger partial charge in [-0.15, -0.1) is 0 Å². The van der Waals surface area contributed by atoms with Crippen molar-refractivity contribution < 1.29 is 19.1 Å². The summed E-state index contributed by atoms with van der Waals surface area (Å²) in [6.45, 7) is 6.67. The number of benzene rings is 1. The summed E-state index contributed by atoms with van der Waals surface area (Å²) in [5, 5.41) is 6.28. The molecular formula is C30H33N5O4. The van der Waals surface area contributed by atoms with Crippen LogP contribution < -0.4 is 4.74 Å². The Morgan fingerprint density at radius 1 is 0.974 bits per heavy atom. The average molecular weight is 528 g/mol. The smallest absolute Gasteiger partial charge is 0.410 e. The first-order valence-electron chi connectivity index (χ1n) is 13.1. The maximum atomic E-state index is 13.1. The molecule has 3 aromatic heterocycles. The standard InChI is InChI=1S/C30H33N5O4/c1-30(2,3)39-29(37)35-11-8-26(9-12-35)38-28-15-21(7-10-31-28)27(36)16-25-14-23-13-20(5-6-22(23)17-32-25)24-18-33-34(4)19-24/h5-7,10,13-15,17-19,26H,8-9,11-12,16H2,1-4H3. The number of carbonyl (C=O) groups excluding carboxylic acids is 2. The van der Waals surface area contributed by atoms with Crippen molar-refractivity contribution >= 4 is 22.6 Å². The van der Waals surface area contributed by atoms with Crippen molar-refractivity contribution in [3.8, 4) is 17.0 Å². The second kappa shape index (κ2) is 10.8. The van der Waals surface area contributed by atoms with Gasteiger partial charge in [0.25, 0.3) is 0 Å². The van der Waals surface area contributed by atoms with Gasteiger partial charge in [0.2, 0.25) is 5.88 Å². The van der Waals surface area contributed by atoms with Gasteiger partial charge in [0, 0.05) is 79.8 Å². The molecule has 39 heavy (non-hydrogen) atoms. The van der Waals surface area contributed by atoms with Gasteiger partial charge in [-0.1, -0.05) is 12.1 Å². The molecule has 0 spiro atoms. The Bertz CT molecular complexity index is 1500. The molecule has 0 bridgehead atoms. The molecule has 9 heteroatoms. The van der Waals surface area contributed by atoms with Crippen LogP contribution in [0.1, 0.15) is 49.7 Å². The van der Waals surface area contributed by atoms with Gasteiger partial charge >= 0.3 is 6.09 Å². The molecule has 1 saturated heterocycles. The van der Waals surface area contributed by atoms with Gasteiger partial charge in [-0.3, -0.25) is 14.5 Å². The molecule has 1 fully saturated rings. The quantitative estimate of drug-likeness (QED) is 0.316. The number of hydrogen-bond acceptors (Lipinski definition) is 7. The van der Waals surface area contributed by atoms with Crippen LogP contribution in [-0.2, 0) is 18.2 Å². The Morgan fingerprint density at radius 3 is 2.49 bits per heavy atom. The lowest BCUT2D eigenvalue weighted by atomic mass is 10.0. The van der Waals surface area contributed by atoms with Crippen LogP contribution in [0.5, 0.6) is 5.88 Å². The van der Waals surface area contributed by atoms with Gasteiger partial charge in [-0.25, -0.2) is 9.78 Å². The molecule has 1 aromatic carbocycles. The maximum absolute atomic E-state index is 13.1. The Labute approximate surface area is 227 Å². The van der Waals surface area contributed by atoms with Gasteiger partial charge in [0.15, 0.2) is 5.78 Å². The lowest BCUT2D eigenvalue weighted by Gasteiger charge is -2.33. The molecule has 1 aliphatic rings. The number of piperidine rings is 1. The van der Waals surface area contributed by atoms with Crippen molar-refractivity contribution in [1.82, 2.24) is 24.6 Å². The van der Waals surface area contributed by atoms with Gasteiger partial charge in [-0.2, -0.15) is 5.10 Å². The summed E-state index contributed by atoms with van der Waals surface area (Å²) < 4.78 is 13.3. The molecule has 9 nitrogen and oxygen atoms in total. The SMILES string of the molecule is Cn1cc(-c2ccc3cnc(CC(=O)c4ccnc(OC5CCN(C(=O)OC(C)(C)C)CC5)c4)cc3c2)cn1. The zero-order chi connectivity index (χ0) is 27.6. The van der Waals surface area contributed by atoms with E-state index in [1.165, 1.54) is 0 Å². The molecule has 0 N–H and O–H groups in total. The van der Waals surface area contributed by atoms with Crippen LogP contribution in [0.3, 0.4) is 0 Å². The first kappa shape index (κ1) is 26.3. The predicted octanol–water partition coefficient (Wildman–Crippen LogP) is 5.23. The number of amides is 1. The third kappa shape index (κ3) is 6.60. The topological polar surface area (TPSA) is 99.4 Å². The Morgan fingerprint density at radius 2 is 1.77 bits per heavy atom. The lowest BCUT2D eigenvalue weighted by Crippen LogP contribution is -2.44. The van der Waals surface area contributed by atoms with Crippen LogP contribution in [0.4, 0.5) is 4.79 Å². The number of nitrogens with zero attached hydrogens (tertiary/aromatic N) is 5. The number of hydrogen-bond donors (Lipinski definition) is 0. The van der Waals surface area contributed by atoms with Crippen LogP contribution in [0.25, 0.3) is 21.9 Å². The van der Waals surface area contributed by atoms with E-state index in [0.29, 0.717) is 43.1 Å². The van der Waals surface area contributed by atoms with Gasteiger partial charge in [0.1, 0.15) is 11.7 Å². The molecule has 1 aliphatic heterocycles. The second-order valence-corrected chi connectivity index (χ2v) is 10.9. The zero-order valence-electron chi connectivity index (χ0n) is 22.8.